The van der Waals surface area contributed by atoms with Crippen molar-refractivity contribution < 1.29 is 5.11 Å². The molecule has 1 N–H and O–H groups in total. The van der Waals surface area contributed by atoms with Gasteiger partial charge in [-0.1, -0.05) is 29.8 Å². The van der Waals surface area contributed by atoms with Crippen molar-refractivity contribution in [3.05, 3.63) is 34.9 Å². The van der Waals surface area contributed by atoms with Crippen LogP contribution in [0.25, 0.3) is 0 Å². The van der Waals surface area contributed by atoms with Crippen LogP contribution in [0.2, 0.25) is 5.02 Å². The maximum absolute atomic E-state index is 11.2. The fourth-order valence-electron chi connectivity index (χ4n) is 3.29. The number of hydrogen-bond acceptors (Lipinski definition) is 2. The lowest BCUT2D eigenvalue weighted by Gasteiger charge is -2.45. The summed E-state index contributed by atoms with van der Waals surface area (Å²) in [6.07, 6.45) is 1.72. The molecule has 0 amide bonds. The third-order valence-electron chi connectivity index (χ3n) is 3.78. The maximum atomic E-state index is 11.2. The Morgan fingerprint density at radius 2 is 1.94 bits per heavy atom. The molecule has 0 saturated carbocycles. The Balaban J connectivity index is 2.50. The maximum Gasteiger partial charge on any atom is 0.146 e. The first-order valence-corrected chi connectivity index (χ1v) is 6.91. The van der Waals surface area contributed by atoms with E-state index in [1.54, 1.807) is 0 Å². The second kappa shape index (κ2) is 4.52. The van der Waals surface area contributed by atoms with Crippen LogP contribution in [0.15, 0.2) is 24.3 Å². The number of likely N-dealkylation sites (tertiary alicyclic amines) is 1. The van der Waals surface area contributed by atoms with Crippen LogP contribution < -0.4 is 0 Å². The summed E-state index contributed by atoms with van der Waals surface area (Å²) < 4.78 is 0. The molecule has 1 aromatic rings. The number of nitrogens with zero attached hydrogens (tertiary/aromatic N) is 1. The van der Waals surface area contributed by atoms with Gasteiger partial charge in [-0.15, -0.1) is 0 Å². The Morgan fingerprint density at radius 1 is 1.33 bits per heavy atom. The lowest BCUT2D eigenvalue weighted by molar-refractivity contribution is -0.140. The van der Waals surface area contributed by atoms with E-state index >= 15 is 0 Å². The molecule has 1 aliphatic heterocycles. The smallest absolute Gasteiger partial charge is 0.146 e. The van der Waals surface area contributed by atoms with Crippen molar-refractivity contribution in [2.45, 2.75) is 57.8 Å². The molecule has 1 aliphatic rings. The summed E-state index contributed by atoms with van der Waals surface area (Å²) in [5, 5.41) is 11.8. The molecule has 1 heterocycles. The molecule has 1 aromatic carbocycles. The van der Waals surface area contributed by atoms with E-state index in [4.69, 9.17) is 11.6 Å². The first kappa shape index (κ1) is 13.9. The van der Waals surface area contributed by atoms with Crippen molar-refractivity contribution in [3.8, 4) is 0 Å². The Morgan fingerprint density at radius 3 is 2.50 bits per heavy atom. The van der Waals surface area contributed by atoms with Crippen LogP contribution in [-0.2, 0) is 5.72 Å². The largest absolute Gasteiger partial charge is 0.371 e. The van der Waals surface area contributed by atoms with E-state index in [-0.39, 0.29) is 5.54 Å². The van der Waals surface area contributed by atoms with Gasteiger partial charge < -0.3 is 5.11 Å². The highest BCUT2D eigenvalue weighted by Crippen LogP contribution is 2.46. The van der Waals surface area contributed by atoms with E-state index in [0.29, 0.717) is 11.1 Å². The second-order valence-electron chi connectivity index (χ2n) is 6.22. The molecule has 0 radical (unpaired) electrons. The SMILES string of the molecule is C[C@H]1CCC(O)(c2ccccc2Cl)N1C(C)(C)C. The molecule has 2 nitrogen and oxygen atoms in total. The van der Waals surface area contributed by atoms with Crippen molar-refractivity contribution in [1.82, 2.24) is 4.90 Å². The predicted octanol–water partition coefficient (Wildman–Crippen LogP) is 3.77. The quantitative estimate of drug-likeness (QED) is 0.837. The van der Waals surface area contributed by atoms with Gasteiger partial charge in [-0.05, 0) is 46.6 Å². The fraction of sp³-hybridized carbons (Fsp3) is 0.600. The number of hydrogen-bond donors (Lipinski definition) is 1. The average Bonchev–Trinajstić information content (AvgIpc) is 2.55. The van der Waals surface area contributed by atoms with Crippen LogP contribution in [0.4, 0.5) is 0 Å². The summed E-state index contributed by atoms with van der Waals surface area (Å²) in [7, 11) is 0. The highest BCUT2D eigenvalue weighted by Gasteiger charge is 2.49. The summed E-state index contributed by atoms with van der Waals surface area (Å²) >= 11 is 6.27. The number of rotatable bonds is 1. The molecule has 3 heteroatoms. The van der Waals surface area contributed by atoms with E-state index in [0.717, 1.165) is 18.4 Å². The standard InChI is InChI=1S/C15H22ClNO/c1-11-9-10-15(18,17(11)14(2,3)4)12-7-5-6-8-13(12)16/h5-8,11,18H,9-10H2,1-4H3/t11-,15?/m0/s1. The van der Waals surface area contributed by atoms with Gasteiger partial charge in [0.15, 0.2) is 0 Å². The summed E-state index contributed by atoms with van der Waals surface area (Å²) in [6.45, 7) is 8.57. The van der Waals surface area contributed by atoms with Gasteiger partial charge in [0.2, 0.25) is 0 Å². The van der Waals surface area contributed by atoms with Crippen molar-refractivity contribution in [3.63, 3.8) is 0 Å². The van der Waals surface area contributed by atoms with Gasteiger partial charge in [0.1, 0.15) is 5.72 Å². The molecule has 0 bridgehead atoms. The molecule has 18 heavy (non-hydrogen) atoms. The number of benzene rings is 1. The highest BCUT2D eigenvalue weighted by atomic mass is 35.5. The summed E-state index contributed by atoms with van der Waals surface area (Å²) in [5.41, 5.74) is -0.217. The zero-order chi connectivity index (χ0) is 13.6. The van der Waals surface area contributed by atoms with Gasteiger partial charge in [0.25, 0.3) is 0 Å². The van der Waals surface area contributed by atoms with Crippen LogP contribution in [0, 0.1) is 0 Å². The Labute approximate surface area is 115 Å². The predicted molar refractivity (Wildman–Crippen MR) is 75.6 cm³/mol. The van der Waals surface area contributed by atoms with E-state index in [1.807, 2.05) is 24.3 Å². The fourth-order valence-corrected chi connectivity index (χ4v) is 3.58. The third-order valence-corrected chi connectivity index (χ3v) is 4.11. The summed E-state index contributed by atoms with van der Waals surface area (Å²) in [4.78, 5) is 2.18. The molecule has 2 rings (SSSR count). The van der Waals surface area contributed by atoms with Crippen molar-refractivity contribution in [1.29, 1.82) is 0 Å². The molecule has 0 aliphatic carbocycles. The topological polar surface area (TPSA) is 23.5 Å². The average molecular weight is 268 g/mol. The highest BCUT2D eigenvalue weighted by molar-refractivity contribution is 6.31. The van der Waals surface area contributed by atoms with Crippen molar-refractivity contribution >= 4 is 11.6 Å². The second-order valence-corrected chi connectivity index (χ2v) is 6.63. The molecule has 1 fully saturated rings. The van der Waals surface area contributed by atoms with Gasteiger partial charge in [-0.2, -0.15) is 0 Å². The minimum atomic E-state index is -0.948. The van der Waals surface area contributed by atoms with E-state index in [1.165, 1.54) is 0 Å². The zero-order valence-electron chi connectivity index (χ0n) is 11.6. The van der Waals surface area contributed by atoms with Crippen LogP contribution in [0.5, 0.6) is 0 Å². The molecular formula is C15H22ClNO. The van der Waals surface area contributed by atoms with E-state index in [9.17, 15) is 5.11 Å². The van der Waals surface area contributed by atoms with Gasteiger partial charge in [0, 0.05) is 22.2 Å². The van der Waals surface area contributed by atoms with Gasteiger partial charge >= 0.3 is 0 Å². The minimum absolute atomic E-state index is 0.0934. The molecule has 2 atom stereocenters. The zero-order valence-corrected chi connectivity index (χ0v) is 12.3. The molecule has 0 aromatic heterocycles. The van der Waals surface area contributed by atoms with E-state index in [2.05, 4.69) is 32.6 Å². The van der Waals surface area contributed by atoms with Crippen molar-refractivity contribution in [2.75, 3.05) is 0 Å². The Bertz CT molecular complexity index is 440. The van der Waals surface area contributed by atoms with Crippen LogP contribution >= 0.6 is 11.6 Å². The lowest BCUT2D eigenvalue weighted by atomic mass is 9.95. The minimum Gasteiger partial charge on any atom is -0.371 e. The molecular weight excluding hydrogens is 246 g/mol. The van der Waals surface area contributed by atoms with Crippen LogP contribution in [0.1, 0.15) is 46.1 Å². The first-order chi connectivity index (χ1) is 8.27. The van der Waals surface area contributed by atoms with Crippen molar-refractivity contribution in [2.24, 2.45) is 0 Å². The lowest BCUT2D eigenvalue weighted by Crippen LogP contribution is -2.54. The Kier molecular flexibility index (Phi) is 3.48. The molecule has 100 valence electrons. The molecule has 1 unspecified atom stereocenters. The number of aliphatic hydroxyl groups is 1. The summed E-state index contributed by atoms with van der Waals surface area (Å²) in [6, 6.07) is 7.96. The Hall–Kier alpha value is -0.570. The number of halogens is 1. The van der Waals surface area contributed by atoms with Crippen LogP contribution in [-0.4, -0.2) is 21.6 Å². The first-order valence-electron chi connectivity index (χ1n) is 6.53. The van der Waals surface area contributed by atoms with Crippen LogP contribution in [0.3, 0.4) is 0 Å². The third kappa shape index (κ3) is 2.18. The normalized spacial score (nSPS) is 29.8. The molecule has 0 spiro atoms. The van der Waals surface area contributed by atoms with Gasteiger partial charge in [-0.25, -0.2) is 0 Å². The monoisotopic (exact) mass is 267 g/mol. The summed E-state index contributed by atoms with van der Waals surface area (Å²) in [5.74, 6) is 0. The molecule has 1 saturated heterocycles. The van der Waals surface area contributed by atoms with Gasteiger partial charge in [-0.3, -0.25) is 4.90 Å². The van der Waals surface area contributed by atoms with E-state index < -0.39 is 5.72 Å². The van der Waals surface area contributed by atoms with Gasteiger partial charge in [0.05, 0.1) is 0 Å².